The van der Waals surface area contributed by atoms with E-state index in [1.807, 2.05) is 12.1 Å². The molecule has 98 valence electrons. The van der Waals surface area contributed by atoms with E-state index in [2.05, 4.69) is 26.0 Å². The second-order valence-corrected chi connectivity index (χ2v) is 6.05. The standard InChI is InChI=1S/C17H24O/c1-12(2)16-5-4-6-17(11-16)15-9-7-14(8-10-15)13(3)18/h7-10,12,16-17H,4-6,11H2,1-3H3/t16-,17+/m1/s1. The summed E-state index contributed by atoms with van der Waals surface area (Å²) in [6.45, 7) is 6.31. The second kappa shape index (κ2) is 5.69. The fourth-order valence-corrected chi connectivity index (χ4v) is 3.13. The van der Waals surface area contributed by atoms with Gasteiger partial charge >= 0.3 is 0 Å². The molecule has 1 aliphatic carbocycles. The molecule has 1 heteroatoms. The first kappa shape index (κ1) is 13.3. The molecule has 1 aliphatic rings. The van der Waals surface area contributed by atoms with E-state index in [0.717, 1.165) is 17.4 Å². The van der Waals surface area contributed by atoms with Crippen molar-refractivity contribution < 1.29 is 4.79 Å². The highest BCUT2D eigenvalue weighted by Gasteiger charge is 2.25. The topological polar surface area (TPSA) is 17.1 Å². The van der Waals surface area contributed by atoms with Crippen LogP contribution in [0.4, 0.5) is 0 Å². The van der Waals surface area contributed by atoms with Gasteiger partial charge in [-0.15, -0.1) is 0 Å². The van der Waals surface area contributed by atoms with Crippen LogP contribution in [0.25, 0.3) is 0 Å². The molecule has 2 rings (SSSR count). The van der Waals surface area contributed by atoms with Crippen molar-refractivity contribution in [3.63, 3.8) is 0 Å². The van der Waals surface area contributed by atoms with Crippen molar-refractivity contribution in [1.82, 2.24) is 0 Å². The van der Waals surface area contributed by atoms with Crippen LogP contribution in [0.3, 0.4) is 0 Å². The van der Waals surface area contributed by atoms with E-state index in [1.54, 1.807) is 6.92 Å². The molecule has 1 saturated carbocycles. The molecule has 1 aromatic rings. The molecule has 2 atom stereocenters. The molecule has 0 aromatic heterocycles. The zero-order chi connectivity index (χ0) is 13.1. The van der Waals surface area contributed by atoms with Gasteiger partial charge in [0.2, 0.25) is 0 Å². The van der Waals surface area contributed by atoms with Crippen molar-refractivity contribution in [1.29, 1.82) is 0 Å². The van der Waals surface area contributed by atoms with Crippen LogP contribution in [0, 0.1) is 11.8 Å². The minimum absolute atomic E-state index is 0.158. The highest BCUT2D eigenvalue weighted by Crippen LogP contribution is 2.39. The number of carbonyl (C=O) groups excluding carboxylic acids is 1. The summed E-state index contributed by atoms with van der Waals surface area (Å²) in [7, 11) is 0. The molecule has 1 fully saturated rings. The van der Waals surface area contributed by atoms with Crippen molar-refractivity contribution in [3.8, 4) is 0 Å². The average Bonchev–Trinajstić information content (AvgIpc) is 2.39. The minimum Gasteiger partial charge on any atom is -0.295 e. The summed E-state index contributed by atoms with van der Waals surface area (Å²) in [4.78, 5) is 11.3. The lowest BCUT2D eigenvalue weighted by Crippen LogP contribution is -2.18. The van der Waals surface area contributed by atoms with Crippen molar-refractivity contribution in [2.24, 2.45) is 11.8 Å². The van der Waals surface area contributed by atoms with E-state index in [-0.39, 0.29) is 5.78 Å². The molecule has 1 nitrogen and oxygen atoms in total. The monoisotopic (exact) mass is 244 g/mol. The van der Waals surface area contributed by atoms with Gasteiger partial charge in [0.15, 0.2) is 5.78 Å². The maximum atomic E-state index is 11.3. The molecular weight excluding hydrogens is 220 g/mol. The van der Waals surface area contributed by atoms with Crippen molar-refractivity contribution in [2.75, 3.05) is 0 Å². The summed E-state index contributed by atoms with van der Waals surface area (Å²) >= 11 is 0. The number of hydrogen-bond donors (Lipinski definition) is 0. The largest absolute Gasteiger partial charge is 0.295 e. The van der Waals surface area contributed by atoms with Crippen molar-refractivity contribution in [3.05, 3.63) is 35.4 Å². The Hall–Kier alpha value is -1.11. The zero-order valence-electron chi connectivity index (χ0n) is 11.8. The van der Waals surface area contributed by atoms with E-state index in [4.69, 9.17) is 0 Å². The maximum absolute atomic E-state index is 11.3. The Bertz CT molecular complexity index is 402. The first-order valence-corrected chi connectivity index (χ1v) is 7.19. The Kier molecular flexibility index (Phi) is 4.21. The van der Waals surface area contributed by atoms with Gasteiger partial charge in [0.05, 0.1) is 0 Å². The predicted octanol–water partition coefficient (Wildman–Crippen LogP) is 4.82. The van der Waals surface area contributed by atoms with Crippen LogP contribution < -0.4 is 0 Å². The first-order chi connectivity index (χ1) is 8.58. The lowest BCUT2D eigenvalue weighted by Gasteiger charge is -2.32. The summed E-state index contributed by atoms with van der Waals surface area (Å²) in [6.07, 6.45) is 5.36. The van der Waals surface area contributed by atoms with Gasteiger partial charge < -0.3 is 0 Å². The molecule has 0 bridgehead atoms. The quantitative estimate of drug-likeness (QED) is 0.697. The van der Waals surface area contributed by atoms with Crippen LogP contribution in [-0.2, 0) is 0 Å². The van der Waals surface area contributed by atoms with Gasteiger partial charge in [0, 0.05) is 5.56 Å². The fraction of sp³-hybridized carbons (Fsp3) is 0.588. The number of hydrogen-bond acceptors (Lipinski definition) is 1. The Labute approximate surface area is 111 Å². The first-order valence-electron chi connectivity index (χ1n) is 7.19. The molecule has 0 N–H and O–H groups in total. The van der Waals surface area contributed by atoms with Gasteiger partial charge in [-0.25, -0.2) is 0 Å². The van der Waals surface area contributed by atoms with Crippen LogP contribution in [0.2, 0.25) is 0 Å². The van der Waals surface area contributed by atoms with E-state index >= 15 is 0 Å². The summed E-state index contributed by atoms with van der Waals surface area (Å²) in [5.74, 6) is 2.53. The zero-order valence-corrected chi connectivity index (χ0v) is 11.8. The molecule has 0 saturated heterocycles. The molecule has 0 radical (unpaired) electrons. The number of ketones is 1. The summed E-state index contributed by atoms with van der Waals surface area (Å²) in [5, 5.41) is 0. The third kappa shape index (κ3) is 3.01. The highest BCUT2D eigenvalue weighted by atomic mass is 16.1. The van der Waals surface area contributed by atoms with E-state index in [0.29, 0.717) is 5.92 Å². The van der Waals surface area contributed by atoms with E-state index in [1.165, 1.54) is 31.2 Å². The third-order valence-electron chi connectivity index (χ3n) is 4.45. The molecule has 18 heavy (non-hydrogen) atoms. The lowest BCUT2D eigenvalue weighted by molar-refractivity contribution is 0.101. The van der Waals surface area contributed by atoms with Gasteiger partial charge in [-0.2, -0.15) is 0 Å². The van der Waals surface area contributed by atoms with Crippen molar-refractivity contribution >= 4 is 5.78 Å². The minimum atomic E-state index is 0.158. The van der Waals surface area contributed by atoms with Gasteiger partial charge in [0.25, 0.3) is 0 Å². The SMILES string of the molecule is CC(=O)c1ccc([C@H]2CCC[C@@H](C(C)C)C2)cc1. The molecule has 0 amide bonds. The van der Waals surface area contributed by atoms with Crippen LogP contribution in [0.1, 0.15) is 68.3 Å². The van der Waals surface area contributed by atoms with E-state index < -0.39 is 0 Å². The van der Waals surface area contributed by atoms with Gasteiger partial charge in [-0.3, -0.25) is 4.79 Å². The van der Waals surface area contributed by atoms with Gasteiger partial charge in [-0.05, 0) is 43.1 Å². The lowest BCUT2D eigenvalue weighted by atomic mass is 9.74. The number of benzene rings is 1. The number of carbonyl (C=O) groups is 1. The van der Waals surface area contributed by atoms with Crippen LogP contribution >= 0.6 is 0 Å². The fourth-order valence-electron chi connectivity index (χ4n) is 3.13. The molecule has 1 aromatic carbocycles. The summed E-state index contributed by atoms with van der Waals surface area (Å²) in [5.41, 5.74) is 2.25. The molecule has 0 spiro atoms. The normalized spacial score (nSPS) is 24.2. The molecule has 0 unspecified atom stereocenters. The van der Waals surface area contributed by atoms with Crippen LogP contribution in [0.5, 0.6) is 0 Å². The second-order valence-electron chi connectivity index (χ2n) is 6.05. The van der Waals surface area contributed by atoms with Gasteiger partial charge in [0.1, 0.15) is 0 Å². The molecule has 0 heterocycles. The summed E-state index contributed by atoms with van der Waals surface area (Å²) in [6, 6.07) is 8.28. The van der Waals surface area contributed by atoms with Crippen LogP contribution in [-0.4, -0.2) is 5.78 Å². The smallest absolute Gasteiger partial charge is 0.159 e. The van der Waals surface area contributed by atoms with Gasteiger partial charge in [-0.1, -0.05) is 51.0 Å². The van der Waals surface area contributed by atoms with Crippen LogP contribution in [0.15, 0.2) is 24.3 Å². The van der Waals surface area contributed by atoms with Crippen molar-refractivity contribution in [2.45, 2.75) is 52.4 Å². The number of rotatable bonds is 3. The average molecular weight is 244 g/mol. The molecule has 0 aliphatic heterocycles. The number of Topliss-reactive ketones (excluding diaryl/α,β-unsaturated/α-hetero) is 1. The van der Waals surface area contributed by atoms with E-state index in [9.17, 15) is 4.79 Å². The maximum Gasteiger partial charge on any atom is 0.159 e. The Morgan fingerprint density at radius 3 is 2.39 bits per heavy atom. The molecular formula is C17H24O. The summed E-state index contributed by atoms with van der Waals surface area (Å²) < 4.78 is 0. The highest BCUT2D eigenvalue weighted by molar-refractivity contribution is 5.94. The third-order valence-corrected chi connectivity index (χ3v) is 4.45. The Balaban J connectivity index is 2.09. The predicted molar refractivity (Wildman–Crippen MR) is 76.0 cm³/mol. The Morgan fingerprint density at radius 2 is 1.83 bits per heavy atom. The Morgan fingerprint density at radius 1 is 1.17 bits per heavy atom.